The first kappa shape index (κ1) is 19.6. The highest BCUT2D eigenvalue weighted by atomic mass is 35.5. The van der Waals surface area contributed by atoms with Gasteiger partial charge in [0.25, 0.3) is 5.89 Å². The van der Waals surface area contributed by atoms with E-state index in [4.69, 9.17) is 27.7 Å². The van der Waals surface area contributed by atoms with E-state index in [0.29, 0.717) is 16.8 Å². The van der Waals surface area contributed by atoms with Crippen LogP contribution in [0.4, 0.5) is 5.13 Å². The van der Waals surface area contributed by atoms with Crippen molar-refractivity contribution >= 4 is 56.9 Å². The molecule has 10 heteroatoms. The first-order valence-corrected chi connectivity index (χ1v) is 10.9. The standard InChI is InChI=1S/C18H16Cl2N4O2S2/c1-8-13(16-22-14(24-26-16)10-5-4-6-27-10)28-17(21-8)23-15(25)12-9(7-11(19)20)18(12,2)3/h4-7,9,12H,1-3H3,(H,21,23,25). The summed E-state index contributed by atoms with van der Waals surface area (Å²) in [6, 6.07) is 3.86. The fraction of sp³-hybridized carbons (Fsp3) is 0.333. The number of nitrogens with one attached hydrogen (secondary N) is 1. The van der Waals surface area contributed by atoms with Gasteiger partial charge in [0.05, 0.1) is 16.5 Å². The Labute approximate surface area is 179 Å². The van der Waals surface area contributed by atoms with Crippen LogP contribution in [0.5, 0.6) is 0 Å². The second kappa shape index (κ2) is 7.26. The Hall–Kier alpha value is -1.74. The average molecular weight is 455 g/mol. The molecule has 4 rings (SSSR count). The van der Waals surface area contributed by atoms with Crippen LogP contribution < -0.4 is 5.32 Å². The zero-order valence-corrected chi connectivity index (χ0v) is 18.3. The predicted molar refractivity (Wildman–Crippen MR) is 113 cm³/mol. The zero-order chi connectivity index (χ0) is 20.1. The Morgan fingerprint density at radius 1 is 1.36 bits per heavy atom. The number of nitrogens with zero attached hydrogens (tertiary/aromatic N) is 3. The number of thiophene rings is 1. The lowest BCUT2D eigenvalue weighted by atomic mass is 10.1. The van der Waals surface area contributed by atoms with E-state index in [-0.39, 0.29) is 27.6 Å². The van der Waals surface area contributed by atoms with Crippen molar-refractivity contribution < 1.29 is 9.32 Å². The summed E-state index contributed by atoms with van der Waals surface area (Å²) in [4.78, 5) is 23.2. The smallest absolute Gasteiger partial charge is 0.270 e. The van der Waals surface area contributed by atoms with Crippen LogP contribution >= 0.6 is 45.9 Å². The molecule has 1 aliphatic carbocycles. The molecule has 0 aromatic carbocycles. The van der Waals surface area contributed by atoms with Crippen LogP contribution in [0.25, 0.3) is 21.5 Å². The van der Waals surface area contributed by atoms with Crippen molar-refractivity contribution in [3.05, 3.63) is 33.8 Å². The molecule has 0 radical (unpaired) electrons. The van der Waals surface area contributed by atoms with Crippen LogP contribution in [-0.2, 0) is 4.79 Å². The molecular weight excluding hydrogens is 439 g/mol. The van der Waals surface area contributed by atoms with Crippen molar-refractivity contribution in [3.8, 4) is 21.5 Å². The summed E-state index contributed by atoms with van der Waals surface area (Å²) in [5.74, 6) is 0.617. The number of carbonyl (C=O) groups is 1. The largest absolute Gasteiger partial charge is 0.333 e. The second-order valence-electron chi connectivity index (χ2n) is 7.10. The van der Waals surface area contributed by atoms with Crippen LogP contribution in [0.2, 0.25) is 0 Å². The Balaban J connectivity index is 1.51. The SMILES string of the molecule is Cc1nc(NC(=O)C2C(C=C(Cl)Cl)C2(C)C)sc1-c1nc(-c2cccs2)no1. The van der Waals surface area contributed by atoms with E-state index in [1.165, 1.54) is 22.7 Å². The van der Waals surface area contributed by atoms with E-state index < -0.39 is 0 Å². The van der Waals surface area contributed by atoms with Gasteiger partial charge in [0.15, 0.2) is 5.13 Å². The molecule has 1 aliphatic rings. The van der Waals surface area contributed by atoms with Gasteiger partial charge >= 0.3 is 0 Å². The van der Waals surface area contributed by atoms with Crippen molar-refractivity contribution in [1.29, 1.82) is 0 Å². The van der Waals surface area contributed by atoms with Crippen molar-refractivity contribution in [1.82, 2.24) is 15.1 Å². The van der Waals surface area contributed by atoms with E-state index in [9.17, 15) is 4.79 Å². The van der Waals surface area contributed by atoms with Gasteiger partial charge in [-0.15, -0.1) is 11.3 Å². The molecule has 28 heavy (non-hydrogen) atoms. The number of halogens is 2. The number of hydrogen-bond donors (Lipinski definition) is 1. The minimum absolute atomic E-state index is 0.00215. The Morgan fingerprint density at radius 3 is 2.82 bits per heavy atom. The molecule has 146 valence electrons. The van der Waals surface area contributed by atoms with Gasteiger partial charge in [0.2, 0.25) is 11.7 Å². The van der Waals surface area contributed by atoms with E-state index in [2.05, 4.69) is 20.4 Å². The van der Waals surface area contributed by atoms with Gasteiger partial charge in [-0.25, -0.2) is 4.98 Å². The van der Waals surface area contributed by atoms with Gasteiger partial charge in [0.1, 0.15) is 9.37 Å². The number of anilines is 1. The molecule has 0 saturated heterocycles. The summed E-state index contributed by atoms with van der Waals surface area (Å²) >= 11 is 14.4. The number of amides is 1. The van der Waals surface area contributed by atoms with Gasteiger partial charge in [0, 0.05) is 0 Å². The predicted octanol–water partition coefficient (Wildman–Crippen LogP) is 5.76. The van der Waals surface area contributed by atoms with Gasteiger partial charge in [-0.1, -0.05) is 59.6 Å². The summed E-state index contributed by atoms with van der Waals surface area (Å²) in [6.07, 6.45) is 1.72. The molecule has 3 heterocycles. The molecule has 1 N–H and O–H groups in total. The normalized spacial score (nSPS) is 20.0. The number of carbonyl (C=O) groups excluding carboxylic acids is 1. The first-order chi connectivity index (χ1) is 13.3. The molecule has 0 spiro atoms. The Morgan fingerprint density at radius 2 is 2.14 bits per heavy atom. The van der Waals surface area contributed by atoms with E-state index >= 15 is 0 Å². The fourth-order valence-electron chi connectivity index (χ4n) is 3.28. The summed E-state index contributed by atoms with van der Waals surface area (Å²) < 4.78 is 5.57. The Bertz CT molecular complexity index is 1050. The van der Waals surface area contributed by atoms with E-state index in [1.54, 1.807) is 6.08 Å². The number of thiazole rings is 1. The van der Waals surface area contributed by atoms with Crippen LogP contribution in [-0.4, -0.2) is 21.0 Å². The minimum atomic E-state index is -0.207. The van der Waals surface area contributed by atoms with Crippen molar-refractivity contribution in [2.75, 3.05) is 5.32 Å². The molecule has 1 amide bonds. The quantitative estimate of drug-likeness (QED) is 0.529. The molecule has 0 aliphatic heterocycles. The third kappa shape index (κ3) is 3.61. The third-order valence-electron chi connectivity index (χ3n) is 4.89. The highest BCUT2D eigenvalue weighted by Gasteiger charge is 2.60. The van der Waals surface area contributed by atoms with Gasteiger partial charge in [-0.3, -0.25) is 4.79 Å². The number of allylic oxidation sites excluding steroid dienone is 1. The van der Waals surface area contributed by atoms with E-state index in [0.717, 1.165) is 15.4 Å². The van der Waals surface area contributed by atoms with Crippen molar-refractivity contribution in [2.24, 2.45) is 17.3 Å². The van der Waals surface area contributed by atoms with Crippen LogP contribution in [0.15, 0.2) is 32.6 Å². The molecule has 6 nitrogen and oxygen atoms in total. The summed E-state index contributed by atoms with van der Waals surface area (Å²) in [5, 5.41) is 9.37. The number of rotatable bonds is 5. The van der Waals surface area contributed by atoms with Crippen LogP contribution in [0.1, 0.15) is 19.5 Å². The second-order valence-corrected chi connectivity index (χ2v) is 10.1. The summed E-state index contributed by atoms with van der Waals surface area (Å²) in [6.45, 7) is 5.87. The van der Waals surface area contributed by atoms with Crippen molar-refractivity contribution in [2.45, 2.75) is 20.8 Å². The number of hydrogen-bond acceptors (Lipinski definition) is 7. The molecule has 0 bridgehead atoms. The lowest BCUT2D eigenvalue weighted by Gasteiger charge is -2.02. The third-order valence-corrected chi connectivity index (χ3v) is 7.07. The monoisotopic (exact) mass is 454 g/mol. The van der Waals surface area contributed by atoms with Gasteiger partial charge in [-0.2, -0.15) is 4.98 Å². The van der Waals surface area contributed by atoms with Crippen LogP contribution in [0, 0.1) is 24.2 Å². The van der Waals surface area contributed by atoms with Crippen molar-refractivity contribution in [3.63, 3.8) is 0 Å². The topological polar surface area (TPSA) is 80.9 Å². The summed E-state index contributed by atoms with van der Waals surface area (Å²) in [5.41, 5.74) is 0.521. The minimum Gasteiger partial charge on any atom is -0.333 e. The summed E-state index contributed by atoms with van der Waals surface area (Å²) in [7, 11) is 0. The average Bonchev–Trinajstić information content (AvgIpc) is 3.16. The maximum Gasteiger partial charge on any atom is 0.270 e. The number of aryl methyl sites for hydroxylation is 1. The lowest BCUT2D eigenvalue weighted by molar-refractivity contribution is -0.118. The van der Waals surface area contributed by atoms with Gasteiger partial charge < -0.3 is 9.84 Å². The fourth-order valence-corrected chi connectivity index (χ4v) is 5.09. The zero-order valence-electron chi connectivity index (χ0n) is 15.2. The first-order valence-electron chi connectivity index (χ1n) is 8.46. The molecule has 1 fully saturated rings. The molecule has 2 atom stereocenters. The number of aromatic nitrogens is 3. The molecular formula is C18H16Cl2N4O2S2. The molecule has 1 saturated carbocycles. The molecule has 2 unspecified atom stereocenters. The highest BCUT2D eigenvalue weighted by Crippen LogP contribution is 2.60. The maximum absolute atomic E-state index is 12.7. The lowest BCUT2D eigenvalue weighted by Crippen LogP contribution is -2.16. The van der Waals surface area contributed by atoms with E-state index in [1.807, 2.05) is 38.3 Å². The molecule has 3 aromatic rings. The maximum atomic E-state index is 12.7. The highest BCUT2D eigenvalue weighted by molar-refractivity contribution is 7.19. The van der Waals surface area contributed by atoms with Gasteiger partial charge in [-0.05, 0) is 35.8 Å². The molecule has 3 aromatic heterocycles. The Kier molecular flexibility index (Phi) is 5.07. The van der Waals surface area contributed by atoms with Crippen LogP contribution in [0.3, 0.4) is 0 Å².